The summed E-state index contributed by atoms with van der Waals surface area (Å²) in [6.45, 7) is 2.64. The molecule has 1 N–H and O–H groups in total. The fourth-order valence-corrected chi connectivity index (χ4v) is 4.39. The van der Waals surface area contributed by atoms with Crippen LogP contribution in [-0.2, 0) is 6.54 Å². The van der Waals surface area contributed by atoms with Crippen molar-refractivity contribution in [2.75, 3.05) is 0 Å². The van der Waals surface area contributed by atoms with Crippen LogP contribution in [0.15, 0.2) is 61.2 Å². The minimum atomic E-state index is -0.0293. The van der Waals surface area contributed by atoms with Crippen LogP contribution in [0.25, 0.3) is 22.2 Å². The lowest BCUT2D eigenvalue weighted by atomic mass is 10.0. The van der Waals surface area contributed by atoms with Gasteiger partial charge in [-0.05, 0) is 49.4 Å². The number of aryl methyl sites for hydroxylation is 1. The molecule has 5 rings (SSSR count). The molecule has 7 nitrogen and oxygen atoms in total. The van der Waals surface area contributed by atoms with Crippen molar-refractivity contribution < 1.29 is 4.79 Å². The highest BCUT2D eigenvalue weighted by Crippen LogP contribution is 2.28. The molecule has 0 radical (unpaired) electrons. The molecule has 1 fully saturated rings. The Morgan fingerprint density at radius 2 is 2.10 bits per heavy atom. The quantitative estimate of drug-likeness (QED) is 0.539. The van der Waals surface area contributed by atoms with Crippen LogP contribution >= 0.6 is 0 Å². The van der Waals surface area contributed by atoms with E-state index in [1.807, 2.05) is 48.3 Å². The lowest BCUT2D eigenvalue weighted by Gasteiger charge is -2.21. The molecule has 1 amide bonds. The summed E-state index contributed by atoms with van der Waals surface area (Å²) >= 11 is 0. The van der Waals surface area contributed by atoms with E-state index in [0.29, 0.717) is 11.5 Å². The van der Waals surface area contributed by atoms with E-state index in [9.17, 15) is 4.79 Å². The molecule has 0 bridgehead atoms. The Kier molecular flexibility index (Phi) is 5.16. The Hall–Kier alpha value is -3.61. The molecule has 1 aliphatic rings. The summed E-state index contributed by atoms with van der Waals surface area (Å²) in [5, 5.41) is 13.0. The Morgan fingerprint density at radius 1 is 1.19 bits per heavy atom. The molecule has 1 aromatic carbocycles. The van der Waals surface area contributed by atoms with Crippen molar-refractivity contribution in [3.05, 3.63) is 72.3 Å². The highest BCUT2D eigenvalue weighted by atomic mass is 16.1. The summed E-state index contributed by atoms with van der Waals surface area (Å²) in [7, 11) is 0. The number of fused-ring (bicyclic) bond motifs is 1. The van der Waals surface area contributed by atoms with Crippen LogP contribution in [0, 0.1) is 12.8 Å². The Morgan fingerprint density at radius 3 is 3.00 bits per heavy atom. The number of rotatable bonds is 5. The third kappa shape index (κ3) is 4.03. The normalized spacial score (nSPS) is 18.4. The van der Waals surface area contributed by atoms with Crippen LogP contribution in [0.4, 0.5) is 0 Å². The number of aromatic nitrogens is 5. The molecule has 3 aromatic heterocycles. The molecule has 3 heterocycles. The van der Waals surface area contributed by atoms with Gasteiger partial charge in [0.15, 0.2) is 0 Å². The summed E-state index contributed by atoms with van der Waals surface area (Å²) in [6.07, 6.45) is 10.3. The number of amides is 1. The molecular formula is C24H24N6O. The molecule has 31 heavy (non-hydrogen) atoms. The van der Waals surface area contributed by atoms with Gasteiger partial charge in [0, 0.05) is 47.7 Å². The highest BCUT2D eigenvalue weighted by Gasteiger charge is 2.29. The van der Waals surface area contributed by atoms with Crippen molar-refractivity contribution in [2.24, 2.45) is 5.92 Å². The maximum atomic E-state index is 12.7. The molecule has 0 saturated heterocycles. The van der Waals surface area contributed by atoms with Gasteiger partial charge in [-0.3, -0.25) is 19.4 Å². The van der Waals surface area contributed by atoms with Crippen molar-refractivity contribution in [3.8, 4) is 11.3 Å². The van der Waals surface area contributed by atoms with Crippen LogP contribution in [-0.4, -0.2) is 36.9 Å². The summed E-state index contributed by atoms with van der Waals surface area (Å²) < 4.78 is 1.89. The SMILES string of the molecule is Cc1cnccc1C(=O)N[C@@H]1CCC[C@@H]1Cn1cc(-c2cnc3ccccc3c2)nn1. The van der Waals surface area contributed by atoms with Gasteiger partial charge in [0.25, 0.3) is 5.91 Å². The van der Waals surface area contributed by atoms with Crippen molar-refractivity contribution in [3.63, 3.8) is 0 Å². The minimum absolute atomic E-state index is 0.0293. The Bertz CT molecular complexity index is 1230. The zero-order chi connectivity index (χ0) is 21.2. The molecule has 0 aliphatic heterocycles. The monoisotopic (exact) mass is 412 g/mol. The average molecular weight is 412 g/mol. The highest BCUT2D eigenvalue weighted by molar-refractivity contribution is 5.95. The predicted molar refractivity (Wildman–Crippen MR) is 118 cm³/mol. The molecule has 0 spiro atoms. The number of carbonyl (C=O) groups is 1. The lowest BCUT2D eigenvalue weighted by Crippen LogP contribution is -2.39. The first-order valence-electron chi connectivity index (χ1n) is 10.6. The van der Waals surface area contributed by atoms with E-state index >= 15 is 0 Å². The van der Waals surface area contributed by atoms with Crippen LogP contribution < -0.4 is 5.32 Å². The Balaban J connectivity index is 1.29. The van der Waals surface area contributed by atoms with Crippen LogP contribution in [0.5, 0.6) is 0 Å². The number of hydrogen-bond donors (Lipinski definition) is 1. The van der Waals surface area contributed by atoms with Gasteiger partial charge < -0.3 is 5.32 Å². The van der Waals surface area contributed by atoms with Gasteiger partial charge in [0.1, 0.15) is 5.69 Å². The van der Waals surface area contributed by atoms with E-state index in [2.05, 4.69) is 31.7 Å². The zero-order valence-corrected chi connectivity index (χ0v) is 17.4. The molecule has 0 unspecified atom stereocenters. The van der Waals surface area contributed by atoms with E-state index in [4.69, 9.17) is 0 Å². The molecule has 2 atom stereocenters. The largest absolute Gasteiger partial charge is 0.349 e. The minimum Gasteiger partial charge on any atom is -0.349 e. The van der Waals surface area contributed by atoms with E-state index in [-0.39, 0.29) is 11.9 Å². The van der Waals surface area contributed by atoms with Crippen molar-refractivity contribution in [1.82, 2.24) is 30.3 Å². The number of pyridine rings is 2. The van der Waals surface area contributed by atoms with E-state index in [0.717, 1.165) is 53.5 Å². The van der Waals surface area contributed by atoms with Gasteiger partial charge in [0.2, 0.25) is 0 Å². The molecule has 156 valence electrons. The lowest BCUT2D eigenvalue weighted by molar-refractivity contribution is 0.0924. The maximum absolute atomic E-state index is 12.7. The third-order valence-electron chi connectivity index (χ3n) is 6.09. The second-order valence-corrected chi connectivity index (χ2v) is 8.20. The second-order valence-electron chi connectivity index (χ2n) is 8.20. The van der Waals surface area contributed by atoms with Gasteiger partial charge in [-0.2, -0.15) is 0 Å². The average Bonchev–Trinajstić information content (AvgIpc) is 3.44. The van der Waals surface area contributed by atoms with Crippen LogP contribution in [0.1, 0.15) is 35.2 Å². The fourth-order valence-electron chi connectivity index (χ4n) is 4.39. The van der Waals surface area contributed by atoms with E-state index in [1.54, 1.807) is 18.5 Å². The number of hydrogen-bond acceptors (Lipinski definition) is 5. The molecule has 1 aliphatic carbocycles. The zero-order valence-electron chi connectivity index (χ0n) is 17.4. The number of para-hydroxylation sites is 1. The predicted octanol–water partition coefficient (Wildman–Crippen LogP) is 3.80. The van der Waals surface area contributed by atoms with Crippen LogP contribution in [0.2, 0.25) is 0 Å². The van der Waals surface area contributed by atoms with Gasteiger partial charge in [0.05, 0.1) is 11.7 Å². The molecule has 7 heteroatoms. The summed E-state index contributed by atoms with van der Waals surface area (Å²) in [5.41, 5.74) is 4.30. The van der Waals surface area contributed by atoms with E-state index in [1.165, 1.54) is 0 Å². The first kappa shape index (κ1) is 19.4. The summed E-state index contributed by atoms with van der Waals surface area (Å²) in [5.74, 6) is 0.300. The number of nitrogens with zero attached hydrogens (tertiary/aromatic N) is 5. The second kappa shape index (κ2) is 8.26. The van der Waals surface area contributed by atoms with Gasteiger partial charge >= 0.3 is 0 Å². The van der Waals surface area contributed by atoms with Gasteiger partial charge in [-0.15, -0.1) is 5.10 Å². The maximum Gasteiger partial charge on any atom is 0.251 e. The Labute approximate surface area is 180 Å². The third-order valence-corrected chi connectivity index (χ3v) is 6.09. The summed E-state index contributed by atoms with van der Waals surface area (Å²) in [6, 6.07) is 12.0. The standard InChI is InChI=1S/C24H24N6O/c1-16-12-25-10-9-20(16)24(31)27-22-8-4-6-18(22)14-30-15-23(28-29-30)19-11-17-5-2-3-7-21(17)26-13-19/h2-3,5,7,9-13,15,18,22H,4,6,8,14H2,1H3,(H,27,31)/t18-,22-/m1/s1. The smallest absolute Gasteiger partial charge is 0.251 e. The van der Waals surface area contributed by atoms with E-state index < -0.39 is 0 Å². The van der Waals surface area contributed by atoms with Gasteiger partial charge in [-0.25, -0.2) is 0 Å². The van der Waals surface area contributed by atoms with Crippen molar-refractivity contribution in [1.29, 1.82) is 0 Å². The van der Waals surface area contributed by atoms with Crippen molar-refractivity contribution >= 4 is 16.8 Å². The molecule has 1 saturated carbocycles. The first-order chi connectivity index (χ1) is 15.2. The number of benzene rings is 1. The molecule has 4 aromatic rings. The summed E-state index contributed by atoms with van der Waals surface area (Å²) in [4.78, 5) is 21.3. The molecular weight excluding hydrogens is 388 g/mol. The van der Waals surface area contributed by atoms with Gasteiger partial charge in [-0.1, -0.05) is 29.8 Å². The van der Waals surface area contributed by atoms with Crippen LogP contribution in [0.3, 0.4) is 0 Å². The van der Waals surface area contributed by atoms with Crippen molar-refractivity contribution in [2.45, 2.75) is 38.8 Å². The number of carbonyl (C=O) groups excluding carboxylic acids is 1. The first-order valence-corrected chi connectivity index (χ1v) is 10.6. The fraction of sp³-hybridized carbons (Fsp3) is 0.292. The topological polar surface area (TPSA) is 85.6 Å². The number of nitrogens with one attached hydrogen (secondary N) is 1.